The number of nitrogens with zero attached hydrogens (tertiary/aromatic N) is 2. The highest BCUT2D eigenvalue weighted by atomic mass is 32.1. The van der Waals surface area contributed by atoms with Gasteiger partial charge in [0.25, 0.3) is 0 Å². The highest BCUT2D eigenvalue weighted by molar-refractivity contribution is 7.15. The third kappa shape index (κ3) is 3.19. The molecule has 0 aromatic carbocycles. The average molecular weight is 275 g/mol. The summed E-state index contributed by atoms with van der Waals surface area (Å²) in [7, 11) is 1.97. The fourth-order valence-corrected chi connectivity index (χ4v) is 3.24. The molecule has 3 nitrogen and oxygen atoms in total. The van der Waals surface area contributed by atoms with Crippen LogP contribution in [0, 0.1) is 6.92 Å². The van der Waals surface area contributed by atoms with E-state index in [0.29, 0.717) is 0 Å². The van der Waals surface area contributed by atoms with E-state index in [-0.39, 0.29) is 5.41 Å². The average Bonchev–Trinajstić information content (AvgIpc) is 2.73. The van der Waals surface area contributed by atoms with E-state index in [1.165, 1.54) is 10.6 Å². The van der Waals surface area contributed by atoms with Gasteiger partial charge in [-0.3, -0.25) is 4.98 Å². The quantitative estimate of drug-likeness (QED) is 0.931. The van der Waals surface area contributed by atoms with E-state index in [1.807, 2.05) is 32.2 Å². The Balaban J connectivity index is 2.48. The molecule has 19 heavy (non-hydrogen) atoms. The van der Waals surface area contributed by atoms with E-state index < -0.39 is 0 Å². The van der Waals surface area contributed by atoms with Gasteiger partial charge in [0.1, 0.15) is 5.01 Å². The number of thiazole rings is 1. The van der Waals surface area contributed by atoms with Gasteiger partial charge in [-0.05, 0) is 26.1 Å². The lowest BCUT2D eigenvalue weighted by Gasteiger charge is -2.17. The number of aryl methyl sites for hydroxylation is 1. The molecule has 102 valence electrons. The number of aromatic nitrogens is 2. The maximum Gasteiger partial charge on any atom is 0.142 e. The summed E-state index contributed by atoms with van der Waals surface area (Å²) >= 11 is 1.74. The van der Waals surface area contributed by atoms with Crippen LogP contribution in [-0.4, -0.2) is 17.0 Å². The molecular formula is C15H21N3S. The summed E-state index contributed by atoms with van der Waals surface area (Å²) in [4.78, 5) is 10.7. The minimum atomic E-state index is 0.0603. The number of nitrogens with one attached hydrogen (secondary N) is 1. The van der Waals surface area contributed by atoms with Crippen LogP contribution in [0.5, 0.6) is 0 Å². The number of rotatable bonds is 3. The molecule has 0 fully saturated rings. The molecule has 0 bridgehead atoms. The molecule has 2 heterocycles. The molecule has 0 atom stereocenters. The Kier molecular flexibility index (Phi) is 4.02. The van der Waals surface area contributed by atoms with Gasteiger partial charge in [-0.15, -0.1) is 11.3 Å². The molecule has 1 N–H and O–H groups in total. The molecular weight excluding hydrogens is 254 g/mol. The zero-order valence-electron chi connectivity index (χ0n) is 12.2. The van der Waals surface area contributed by atoms with Crippen LogP contribution in [0.3, 0.4) is 0 Å². The van der Waals surface area contributed by atoms with Crippen LogP contribution in [0.25, 0.3) is 10.7 Å². The van der Waals surface area contributed by atoms with Crippen LogP contribution < -0.4 is 5.32 Å². The van der Waals surface area contributed by atoms with E-state index in [9.17, 15) is 0 Å². The molecule has 2 rings (SSSR count). The molecule has 2 aromatic heterocycles. The van der Waals surface area contributed by atoms with Crippen molar-refractivity contribution in [2.45, 2.75) is 39.7 Å². The molecule has 0 spiro atoms. The first-order valence-electron chi connectivity index (χ1n) is 6.50. The van der Waals surface area contributed by atoms with Crippen molar-refractivity contribution in [2.75, 3.05) is 7.05 Å². The zero-order chi connectivity index (χ0) is 14.0. The Morgan fingerprint density at radius 3 is 2.53 bits per heavy atom. The van der Waals surface area contributed by atoms with E-state index in [2.05, 4.69) is 31.1 Å². The number of pyridine rings is 1. The second-order valence-electron chi connectivity index (χ2n) is 5.74. The Bertz CT molecular complexity index is 567. The largest absolute Gasteiger partial charge is 0.315 e. The third-order valence-corrected chi connectivity index (χ3v) is 3.93. The van der Waals surface area contributed by atoms with Crippen LogP contribution in [0.15, 0.2) is 18.2 Å². The van der Waals surface area contributed by atoms with Gasteiger partial charge < -0.3 is 5.32 Å². The van der Waals surface area contributed by atoms with Crippen molar-refractivity contribution in [1.82, 2.24) is 15.3 Å². The summed E-state index contributed by atoms with van der Waals surface area (Å²) in [5.41, 5.74) is 3.23. The van der Waals surface area contributed by atoms with Crippen molar-refractivity contribution in [3.63, 3.8) is 0 Å². The summed E-state index contributed by atoms with van der Waals surface area (Å²) in [5.74, 6) is 0. The van der Waals surface area contributed by atoms with E-state index >= 15 is 0 Å². The fourth-order valence-electron chi connectivity index (χ4n) is 1.99. The topological polar surface area (TPSA) is 37.8 Å². The van der Waals surface area contributed by atoms with Gasteiger partial charge >= 0.3 is 0 Å². The van der Waals surface area contributed by atoms with Gasteiger partial charge in [-0.1, -0.05) is 26.8 Å². The second kappa shape index (κ2) is 5.39. The molecule has 4 heteroatoms. The minimum absolute atomic E-state index is 0.0603. The lowest BCUT2D eigenvalue weighted by atomic mass is 9.91. The zero-order valence-corrected chi connectivity index (χ0v) is 13.1. The van der Waals surface area contributed by atoms with E-state index in [0.717, 1.165) is 22.9 Å². The maximum absolute atomic E-state index is 4.83. The maximum atomic E-state index is 4.83. The molecule has 0 amide bonds. The highest BCUT2D eigenvalue weighted by Crippen LogP contribution is 2.33. The van der Waals surface area contributed by atoms with Gasteiger partial charge in [0.2, 0.25) is 0 Å². The van der Waals surface area contributed by atoms with Crippen molar-refractivity contribution in [2.24, 2.45) is 0 Å². The van der Waals surface area contributed by atoms with Gasteiger partial charge in [-0.2, -0.15) is 0 Å². The van der Waals surface area contributed by atoms with Crippen LogP contribution in [0.1, 0.15) is 37.0 Å². The van der Waals surface area contributed by atoms with Crippen LogP contribution >= 0.6 is 11.3 Å². The molecule has 0 saturated carbocycles. The summed E-state index contributed by atoms with van der Waals surface area (Å²) in [6.07, 6.45) is 0. The van der Waals surface area contributed by atoms with Crippen molar-refractivity contribution in [1.29, 1.82) is 0 Å². The normalized spacial score (nSPS) is 11.8. The lowest BCUT2D eigenvalue weighted by Crippen LogP contribution is -2.16. The van der Waals surface area contributed by atoms with Crippen molar-refractivity contribution < 1.29 is 0 Å². The Morgan fingerprint density at radius 2 is 1.95 bits per heavy atom. The molecule has 0 aliphatic carbocycles. The van der Waals surface area contributed by atoms with Gasteiger partial charge in [-0.25, -0.2) is 4.98 Å². The summed E-state index contributed by atoms with van der Waals surface area (Å²) in [6, 6.07) is 6.07. The first kappa shape index (κ1) is 14.2. The van der Waals surface area contributed by atoms with Gasteiger partial charge in [0, 0.05) is 22.5 Å². The summed E-state index contributed by atoms with van der Waals surface area (Å²) in [5, 5.41) is 4.24. The predicted molar refractivity (Wildman–Crippen MR) is 81.5 cm³/mol. The predicted octanol–water partition coefficient (Wildman–Crippen LogP) is 3.53. The fraction of sp³-hybridized carbons (Fsp3) is 0.467. The Labute approximate surface area is 119 Å². The second-order valence-corrected chi connectivity index (χ2v) is 6.82. The molecule has 0 radical (unpaired) electrons. The van der Waals surface area contributed by atoms with Crippen LogP contribution in [0.4, 0.5) is 0 Å². The molecule has 0 aliphatic rings. The first-order chi connectivity index (χ1) is 8.91. The molecule has 2 aromatic rings. The molecule has 0 unspecified atom stereocenters. The minimum Gasteiger partial charge on any atom is -0.315 e. The summed E-state index contributed by atoms with van der Waals surface area (Å²) < 4.78 is 0. The van der Waals surface area contributed by atoms with Crippen LogP contribution in [-0.2, 0) is 12.0 Å². The van der Waals surface area contributed by atoms with E-state index in [1.54, 1.807) is 11.3 Å². The highest BCUT2D eigenvalue weighted by Gasteiger charge is 2.23. The summed E-state index contributed by atoms with van der Waals surface area (Å²) in [6.45, 7) is 9.48. The van der Waals surface area contributed by atoms with Gasteiger partial charge in [0.05, 0.1) is 11.4 Å². The van der Waals surface area contributed by atoms with Crippen LogP contribution in [0.2, 0.25) is 0 Å². The van der Waals surface area contributed by atoms with E-state index in [4.69, 9.17) is 4.98 Å². The van der Waals surface area contributed by atoms with Gasteiger partial charge in [0.15, 0.2) is 0 Å². The Morgan fingerprint density at radius 1 is 1.21 bits per heavy atom. The lowest BCUT2D eigenvalue weighted by molar-refractivity contribution is 0.563. The van der Waals surface area contributed by atoms with Crippen molar-refractivity contribution in [3.05, 3.63) is 34.5 Å². The smallest absolute Gasteiger partial charge is 0.142 e. The third-order valence-electron chi connectivity index (χ3n) is 2.85. The first-order valence-corrected chi connectivity index (χ1v) is 7.32. The van der Waals surface area contributed by atoms with Crippen molar-refractivity contribution in [3.8, 4) is 10.7 Å². The monoisotopic (exact) mass is 275 g/mol. The van der Waals surface area contributed by atoms with Crippen molar-refractivity contribution >= 4 is 11.3 Å². The number of hydrogen-bond donors (Lipinski definition) is 1. The molecule has 0 aliphatic heterocycles. The Hall–Kier alpha value is -1.26. The number of hydrogen-bond acceptors (Lipinski definition) is 4. The standard InChI is InChI=1S/C15H21N3S/c1-10-7-6-8-11(17-10)14-18-13(15(2,3)4)12(19-14)9-16-5/h6-8,16H,9H2,1-5H3. The SMILES string of the molecule is CNCc1sc(-c2cccc(C)n2)nc1C(C)(C)C. The molecule has 0 saturated heterocycles.